The van der Waals surface area contributed by atoms with Crippen molar-refractivity contribution in [1.82, 2.24) is 4.98 Å². The molecular weight excluding hydrogens is 290 g/mol. The fourth-order valence-electron chi connectivity index (χ4n) is 1.51. The molecule has 0 unspecified atom stereocenters. The van der Waals surface area contributed by atoms with Crippen LogP contribution in [-0.4, -0.2) is 22.7 Å². The molecule has 1 aromatic heterocycles. The highest BCUT2D eigenvalue weighted by Gasteiger charge is 2.12. The van der Waals surface area contributed by atoms with E-state index in [4.69, 9.17) is 17.4 Å². The minimum absolute atomic E-state index is 0.0821. The van der Waals surface area contributed by atoms with Gasteiger partial charge in [0.05, 0.1) is 11.9 Å². The van der Waals surface area contributed by atoms with E-state index in [1.54, 1.807) is 36.4 Å². The van der Waals surface area contributed by atoms with Crippen LogP contribution in [0.15, 0.2) is 59.0 Å². The number of nitrogens with one attached hydrogen (secondary N) is 1. The largest absolute Gasteiger partial charge is 0.323 e. The standard InChI is InChI=1S/C14H12ClN5O/c15-11-1-3-12(4-2-11)19-20-13(9-18-16)14(21)10-5-7-17-8-6-10/h1-9,19H,16H2/b18-9+,20-13-. The lowest BCUT2D eigenvalue weighted by molar-refractivity contribution is 0.106. The molecule has 2 aromatic rings. The van der Waals surface area contributed by atoms with Crippen molar-refractivity contribution >= 4 is 35.0 Å². The summed E-state index contributed by atoms with van der Waals surface area (Å²) in [7, 11) is 0. The van der Waals surface area contributed by atoms with Crippen molar-refractivity contribution in [3.63, 3.8) is 0 Å². The van der Waals surface area contributed by atoms with Gasteiger partial charge in [-0.3, -0.25) is 15.2 Å². The molecule has 0 aliphatic rings. The second-order valence-corrected chi connectivity index (χ2v) is 4.40. The molecule has 106 valence electrons. The Hall–Kier alpha value is -2.73. The van der Waals surface area contributed by atoms with E-state index in [1.165, 1.54) is 18.6 Å². The van der Waals surface area contributed by atoms with Crippen LogP contribution in [0.2, 0.25) is 5.02 Å². The van der Waals surface area contributed by atoms with Gasteiger partial charge < -0.3 is 5.84 Å². The highest BCUT2D eigenvalue weighted by molar-refractivity contribution is 6.64. The summed E-state index contributed by atoms with van der Waals surface area (Å²) in [4.78, 5) is 16.1. The Kier molecular flexibility index (Phi) is 5.00. The number of rotatable bonds is 5. The SMILES string of the molecule is N/N=C/C(=N/Nc1ccc(Cl)cc1)C(=O)c1ccncc1. The van der Waals surface area contributed by atoms with Crippen molar-refractivity contribution in [2.75, 3.05) is 5.43 Å². The predicted molar refractivity (Wildman–Crippen MR) is 83.8 cm³/mol. The Bertz CT molecular complexity index is 668. The molecule has 0 spiro atoms. The smallest absolute Gasteiger partial charge is 0.214 e. The van der Waals surface area contributed by atoms with Crippen molar-refractivity contribution in [3.8, 4) is 0 Å². The number of carbonyl (C=O) groups excluding carboxylic acids is 1. The number of aromatic nitrogens is 1. The average Bonchev–Trinajstić information content (AvgIpc) is 2.53. The van der Waals surface area contributed by atoms with E-state index < -0.39 is 0 Å². The van der Waals surface area contributed by atoms with Crippen LogP contribution >= 0.6 is 11.6 Å². The second-order valence-electron chi connectivity index (χ2n) is 3.96. The molecule has 0 bridgehead atoms. The second kappa shape index (κ2) is 7.16. The van der Waals surface area contributed by atoms with Gasteiger partial charge in [-0.15, -0.1) is 0 Å². The van der Waals surface area contributed by atoms with Gasteiger partial charge in [0, 0.05) is 23.0 Å². The van der Waals surface area contributed by atoms with Crippen molar-refractivity contribution < 1.29 is 4.79 Å². The highest BCUT2D eigenvalue weighted by Crippen LogP contribution is 2.13. The Balaban J connectivity index is 2.20. The maximum Gasteiger partial charge on any atom is 0.214 e. The molecule has 21 heavy (non-hydrogen) atoms. The fraction of sp³-hybridized carbons (Fsp3) is 0. The van der Waals surface area contributed by atoms with Gasteiger partial charge in [0.2, 0.25) is 5.78 Å². The number of hydrazone groups is 2. The summed E-state index contributed by atoms with van der Waals surface area (Å²) in [6.07, 6.45) is 4.24. The van der Waals surface area contributed by atoms with Crippen molar-refractivity contribution in [1.29, 1.82) is 0 Å². The summed E-state index contributed by atoms with van der Waals surface area (Å²) < 4.78 is 0. The zero-order chi connectivity index (χ0) is 15.1. The summed E-state index contributed by atoms with van der Waals surface area (Å²) in [5.41, 5.74) is 3.97. The molecule has 0 saturated heterocycles. The van der Waals surface area contributed by atoms with E-state index in [2.05, 4.69) is 20.6 Å². The first kappa shape index (κ1) is 14.7. The van der Waals surface area contributed by atoms with Gasteiger partial charge >= 0.3 is 0 Å². The molecule has 0 amide bonds. The van der Waals surface area contributed by atoms with Crippen LogP contribution in [0, 0.1) is 0 Å². The minimum atomic E-state index is -0.312. The number of Topliss-reactive ketones (excluding diaryl/α,β-unsaturated/α-hetero) is 1. The maximum absolute atomic E-state index is 12.2. The van der Waals surface area contributed by atoms with Gasteiger partial charge in [0.1, 0.15) is 0 Å². The number of ketones is 1. The normalized spacial score (nSPS) is 11.6. The molecule has 6 nitrogen and oxygen atoms in total. The summed E-state index contributed by atoms with van der Waals surface area (Å²) in [5, 5.41) is 7.98. The summed E-state index contributed by atoms with van der Waals surface area (Å²) in [6.45, 7) is 0. The number of nitrogens with zero attached hydrogens (tertiary/aromatic N) is 3. The zero-order valence-corrected chi connectivity index (χ0v) is 11.7. The topological polar surface area (TPSA) is 92.7 Å². The minimum Gasteiger partial charge on any atom is -0.323 e. The van der Waals surface area contributed by atoms with Crippen LogP contribution in [0.4, 0.5) is 5.69 Å². The lowest BCUT2D eigenvalue weighted by Crippen LogP contribution is -2.18. The van der Waals surface area contributed by atoms with Crippen LogP contribution in [-0.2, 0) is 0 Å². The third-order valence-corrected chi connectivity index (χ3v) is 2.77. The van der Waals surface area contributed by atoms with Gasteiger partial charge in [-0.2, -0.15) is 10.2 Å². The Labute approximate surface area is 126 Å². The van der Waals surface area contributed by atoms with Gasteiger partial charge in [-0.1, -0.05) is 11.6 Å². The number of hydrogen-bond acceptors (Lipinski definition) is 6. The van der Waals surface area contributed by atoms with Crippen molar-refractivity contribution in [3.05, 3.63) is 59.4 Å². The monoisotopic (exact) mass is 301 g/mol. The molecule has 1 aromatic carbocycles. The Morgan fingerprint density at radius 3 is 2.48 bits per heavy atom. The van der Waals surface area contributed by atoms with Crippen LogP contribution < -0.4 is 11.3 Å². The van der Waals surface area contributed by atoms with Crippen LogP contribution in [0.1, 0.15) is 10.4 Å². The van der Waals surface area contributed by atoms with E-state index in [0.29, 0.717) is 16.3 Å². The molecule has 0 atom stereocenters. The van der Waals surface area contributed by atoms with Gasteiger partial charge in [-0.25, -0.2) is 0 Å². The highest BCUT2D eigenvalue weighted by atomic mass is 35.5. The van der Waals surface area contributed by atoms with E-state index >= 15 is 0 Å². The van der Waals surface area contributed by atoms with Crippen molar-refractivity contribution in [2.45, 2.75) is 0 Å². The predicted octanol–water partition coefficient (Wildman–Crippen LogP) is 2.33. The number of pyridine rings is 1. The summed E-state index contributed by atoms with van der Waals surface area (Å²) in [6, 6.07) is 10.1. The first-order valence-electron chi connectivity index (χ1n) is 5.98. The molecule has 0 radical (unpaired) electrons. The average molecular weight is 302 g/mol. The molecule has 1 heterocycles. The number of benzene rings is 1. The quantitative estimate of drug-likeness (QED) is 0.384. The molecule has 0 aliphatic carbocycles. The number of nitrogens with two attached hydrogens (primary N) is 1. The molecule has 2 rings (SSSR count). The summed E-state index contributed by atoms with van der Waals surface area (Å²) in [5.74, 6) is 4.80. The molecule has 0 saturated carbocycles. The van der Waals surface area contributed by atoms with Crippen LogP contribution in [0.25, 0.3) is 0 Å². The number of halogens is 1. The van der Waals surface area contributed by atoms with E-state index in [1.807, 2.05) is 0 Å². The van der Waals surface area contributed by atoms with E-state index in [-0.39, 0.29) is 11.5 Å². The number of anilines is 1. The van der Waals surface area contributed by atoms with Crippen molar-refractivity contribution in [2.24, 2.45) is 16.0 Å². The molecular formula is C14H12ClN5O. The van der Waals surface area contributed by atoms with E-state index in [9.17, 15) is 4.79 Å². The molecule has 7 heteroatoms. The lowest BCUT2D eigenvalue weighted by atomic mass is 10.1. The first-order valence-corrected chi connectivity index (χ1v) is 6.36. The third kappa shape index (κ3) is 4.12. The number of carbonyl (C=O) groups is 1. The lowest BCUT2D eigenvalue weighted by Gasteiger charge is -2.03. The first-order chi connectivity index (χ1) is 10.2. The summed E-state index contributed by atoms with van der Waals surface area (Å²) >= 11 is 5.79. The Morgan fingerprint density at radius 1 is 1.19 bits per heavy atom. The molecule has 0 aliphatic heterocycles. The number of hydrogen-bond donors (Lipinski definition) is 2. The molecule has 3 N–H and O–H groups in total. The Morgan fingerprint density at radius 2 is 1.86 bits per heavy atom. The third-order valence-electron chi connectivity index (χ3n) is 2.52. The van der Waals surface area contributed by atoms with Gasteiger partial charge in [0.25, 0.3) is 0 Å². The molecule has 0 fully saturated rings. The zero-order valence-electron chi connectivity index (χ0n) is 10.9. The fourth-order valence-corrected chi connectivity index (χ4v) is 1.64. The van der Waals surface area contributed by atoms with Crippen LogP contribution in [0.3, 0.4) is 0 Å². The van der Waals surface area contributed by atoms with Gasteiger partial charge in [-0.05, 0) is 36.4 Å². The van der Waals surface area contributed by atoms with Crippen LogP contribution in [0.5, 0.6) is 0 Å². The maximum atomic E-state index is 12.2. The van der Waals surface area contributed by atoms with Gasteiger partial charge in [0.15, 0.2) is 5.71 Å². The van der Waals surface area contributed by atoms with E-state index in [0.717, 1.165) is 0 Å².